The van der Waals surface area contributed by atoms with Crippen LogP contribution in [0, 0.1) is 0 Å². The third-order valence-electron chi connectivity index (χ3n) is 8.00. The summed E-state index contributed by atoms with van der Waals surface area (Å²) in [5, 5.41) is 5.27. The molecule has 0 fully saturated rings. The number of nitrogens with two attached hydrogens (primary N) is 1. The number of amides is 3. The van der Waals surface area contributed by atoms with Crippen LogP contribution < -0.4 is 11.1 Å². The van der Waals surface area contributed by atoms with E-state index in [1.165, 1.54) is 4.90 Å². The Labute approximate surface area is 301 Å². The standard InChI is InChI=1S/C37H38Cl4N4O3/c38-30-13-11-28(33(40)21-30)15-18-43-23-36(47)45(20-17-32(26-7-3-1-4-8-26)27-9-5-2-6-10-27)25-37(48)44(24-35(42)46)19-16-29-12-14-31(39)22-34(29)41/h1-14,21-22,32,43H,15-20,23-25H2,(H2,42,46). The Morgan fingerprint density at radius 1 is 0.646 bits per heavy atom. The lowest BCUT2D eigenvalue weighted by molar-refractivity contribution is -0.141. The van der Waals surface area contributed by atoms with Crippen molar-refractivity contribution in [3.63, 3.8) is 0 Å². The van der Waals surface area contributed by atoms with Gasteiger partial charge < -0.3 is 20.9 Å². The van der Waals surface area contributed by atoms with Crippen LogP contribution in [0.2, 0.25) is 20.1 Å². The fraction of sp³-hybridized carbons (Fsp3) is 0.270. The second-order valence-corrected chi connectivity index (χ2v) is 13.1. The Morgan fingerprint density at radius 2 is 1.17 bits per heavy atom. The molecule has 7 nitrogen and oxygen atoms in total. The number of benzene rings is 4. The average Bonchev–Trinajstić information content (AvgIpc) is 3.06. The molecule has 0 aliphatic heterocycles. The van der Waals surface area contributed by atoms with E-state index in [1.807, 2.05) is 42.5 Å². The highest BCUT2D eigenvalue weighted by atomic mass is 35.5. The van der Waals surface area contributed by atoms with Crippen LogP contribution in [0.25, 0.3) is 0 Å². The Balaban J connectivity index is 1.49. The van der Waals surface area contributed by atoms with E-state index in [4.69, 9.17) is 52.1 Å². The van der Waals surface area contributed by atoms with Gasteiger partial charge in [-0.2, -0.15) is 0 Å². The van der Waals surface area contributed by atoms with Crippen LogP contribution in [0.1, 0.15) is 34.6 Å². The highest BCUT2D eigenvalue weighted by molar-refractivity contribution is 6.35. The quantitative estimate of drug-likeness (QED) is 0.114. The number of carbonyl (C=O) groups excluding carboxylic acids is 3. The van der Waals surface area contributed by atoms with Crippen molar-refractivity contribution < 1.29 is 14.4 Å². The zero-order chi connectivity index (χ0) is 34.5. The molecule has 3 amide bonds. The molecule has 0 bridgehead atoms. The Morgan fingerprint density at radius 3 is 1.69 bits per heavy atom. The molecule has 0 aromatic heterocycles. The summed E-state index contributed by atoms with van der Waals surface area (Å²) in [6.07, 6.45) is 1.54. The first-order chi connectivity index (χ1) is 23.1. The van der Waals surface area contributed by atoms with Crippen molar-refractivity contribution in [2.24, 2.45) is 5.73 Å². The van der Waals surface area contributed by atoms with Gasteiger partial charge >= 0.3 is 0 Å². The molecule has 0 radical (unpaired) electrons. The maximum atomic E-state index is 13.7. The fourth-order valence-electron chi connectivity index (χ4n) is 5.45. The van der Waals surface area contributed by atoms with Gasteiger partial charge in [0.25, 0.3) is 0 Å². The molecule has 0 heterocycles. The lowest BCUT2D eigenvalue weighted by atomic mass is 9.88. The van der Waals surface area contributed by atoms with Crippen molar-refractivity contribution in [3.8, 4) is 0 Å². The predicted molar refractivity (Wildman–Crippen MR) is 195 cm³/mol. The molecule has 4 rings (SSSR count). The summed E-state index contributed by atoms with van der Waals surface area (Å²) in [5.41, 5.74) is 9.43. The lowest BCUT2D eigenvalue weighted by Gasteiger charge is -2.29. The van der Waals surface area contributed by atoms with Crippen molar-refractivity contribution in [3.05, 3.63) is 139 Å². The van der Waals surface area contributed by atoms with E-state index in [9.17, 15) is 14.4 Å². The lowest BCUT2D eigenvalue weighted by Crippen LogP contribution is -2.48. The van der Waals surface area contributed by atoms with E-state index in [0.29, 0.717) is 52.4 Å². The molecule has 0 spiro atoms. The van der Waals surface area contributed by atoms with E-state index in [-0.39, 0.29) is 38.0 Å². The maximum Gasteiger partial charge on any atom is 0.242 e. The SMILES string of the molecule is NC(=O)CN(CCc1ccc(Cl)cc1Cl)C(=O)CN(CCC(c1ccccc1)c1ccccc1)C(=O)CNCCc1ccc(Cl)cc1Cl. The number of primary amides is 1. The Kier molecular flexibility index (Phi) is 14.6. The number of rotatable bonds is 17. The largest absolute Gasteiger partial charge is 0.368 e. The monoisotopic (exact) mass is 726 g/mol. The molecule has 0 aliphatic carbocycles. The Bertz CT molecular complexity index is 1630. The van der Waals surface area contributed by atoms with Gasteiger partial charge in [0.15, 0.2) is 0 Å². The first-order valence-corrected chi connectivity index (χ1v) is 17.1. The molecule has 0 atom stereocenters. The van der Waals surface area contributed by atoms with Crippen LogP contribution in [0.15, 0.2) is 97.1 Å². The van der Waals surface area contributed by atoms with E-state index in [2.05, 4.69) is 29.6 Å². The van der Waals surface area contributed by atoms with Crippen molar-refractivity contribution in [2.45, 2.75) is 25.2 Å². The second kappa shape index (κ2) is 18.8. The van der Waals surface area contributed by atoms with Crippen LogP contribution in [-0.2, 0) is 27.2 Å². The van der Waals surface area contributed by atoms with Gasteiger partial charge in [-0.25, -0.2) is 0 Å². The van der Waals surface area contributed by atoms with Crippen molar-refractivity contribution >= 4 is 64.1 Å². The third kappa shape index (κ3) is 11.5. The minimum Gasteiger partial charge on any atom is -0.368 e. The third-order valence-corrected chi connectivity index (χ3v) is 9.17. The number of nitrogens with one attached hydrogen (secondary N) is 1. The summed E-state index contributed by atoms with van der Waals surface area (Å²) < 4.78 is 0. The van der Waals surface area contributed by atoms with Crippen LogP contribution in [0.4, 0.5) is 0 Å². The van der Waals surface area contributed by atoms with Gasteiger partial charge in [-0.1, -0.05) is 119 Å². The van der Waals surface area contributed by atoms with Crippen molar-refractivity contribution in [1.82, 2.24) is 15.1 Å². The minimum absolute atomic E-state index is 0.00780. The number of hydrogen-bond acceptors (Lipinski definition) is 4. The van der Waals surface area contributed by atoms with Crippen molar-refractivity contribution in [2.75, 3.05) is 39.3 Å². The molecule has 0 unspecified atom stereocenters. The summed E-state index contributed by atoms with van der Waals surface area (Å²) >= 11 is 24.7. The minimum atomic E-state index is -0.654. The van der Waals surface area contributed by atoms with Gasteiger partial charge in [0, 0.05) is 39.1 Å². The Hall–Kier alpha value is -3.59. The molecular formula is C37H38Cl4N4O3. The van der Waals surface area contributed by atoms with Crippen LogP contribution >= 0.6 is 46.4 Å². The summed E-state index contributed by atoms with van der Waals surface area (Å²) in [5.74, 6) is -1.30. The normalized spacial score (nSPS) is 11.0. The van der Waals surface area contributed by atoms with Gasteiger partial charge in [0.2, 0.25) is 17.7 Å². The van der Waals surface area contributed by atoms with Crippen LogP contribution in [-0.4, -0.2) is 66.8 Å². The van der Waals surface area contributed by atoms with Gasteiger partial charge in [0.1, 0.15) is 0 Å². The van der Waals surface area contributed by atoms with Crippen LogP contribution in [0.3, 0.4) is 0 Å². The zero-order valence-electron chi connectivity index (χ0n) is 26.4. The number of hydrogen-bond donors (Lipinski definition) is 2. The van der Waals surface area contributed by atoms with E-state index in [0.717, 1.165) is 22.3 Å². The van der Waals surface area contributed by atoms with Gasteiger partial charge in [0.05, 0.1) is 19.6 Å². The van der Waals surface area contributed by atoms with Gasteiger partial charge in [-0.05, 0) is 72.3 Å². The summed E-state index contributed by atoms with van der Waals surface area (Å²) in [6.45, 7) is 0.473. The molecule has 4 aromatic carbocycles. The average molecular weight is 729 g/mol. The summed E-state index contributed by atoms with van der Waals surface area (Å²) in [7, 11) is 0. The van der Waals surface area contributed by atoms with E-state index in [1.54, 1.807) is 35.2 Å². The topological polar surface area (TPSA) is 95.7 Å². The smallest absolute Gasteiger partial charge is 0.242 e. The number of halogens is 4. The molecular weight excluding hydrogens is 690 g/mol. The molecule has 3 N–H and O–H groups in total. The van der Waals surface area contributed by atoms with Gasteiger partial charge in [-0.3, -0.25) is 14.4 Å². The highest BCUT2D eigenvalue weighted by Crippen LogP contribution is 2.28. The second-order valence-electron chi connectivity index (χ2n) is 11.4. The van der Waals surface area contributed by atoms with E-state index >= 15 is 0 Å². The number of nitrogens with zero attached hydrogens (tertiary/aromatic N) is 2. The van der Waals surface area contributed by atoms with Crippen LogP contribution in [0.5, 0.6) is 0 Å². The molecule has 11 heteroatoms. The molecule has 48 heavy (non-hydrogen) atoms. The summed E-state index contributed by atoms with van der Waals surface area (Å²) in [4.78, 5) is 42.4. The first-order valence-electron chi connectivity index (χ1n) is 15.6. The molecule has 0 saturated carbocycles. The maximum absolute atomic E-state index is 13.7. The van der Waals surface area contributed by atoms with E-state index < -0.39 is 11.8 Å². The molecule has 0 aliphatic rings. The number of carbonyl (C=O) groups is 3. The zero-order valence-corrected chi connectivity index (χ0v) is 29.4. The first kappa shape index (κ1) is 37.2. The molecule has 0 saturated heterocycles. The highest BCUT2D eigenvalue weighted by Gasteiger charge is 2.24. The summed E-state index contributed by atoms with van der Waals surface area (Å²) in [6, 6.07) is 30.6. The molecule has 252 valence electrons. The predicted octanol–water partition coefficient (Wildman–Crippen LogP) is 7.04. The fourth-order valence-corrected chi connectivity index (χ4v) is 6.46. The molecule has 4 aromatic rings. The van der Waals surface area contributed by atoms with Gasteiger partial charge in [-0.15, -0.1) is 0 Å². The van der Waals surface area contributed by atoms with Crippen molar-refractivity contribution in [1.29, 1.82) is 0 Å².